The maximum absolute atomic E-state index is 13.0. The minimum absolute atomic E-state index is 0.148. The smallest absolute Gasteiger partial charge is 0.251 e. The summed E-state index contributed by atoms with van der Waals surface area (Å²) >= 11 is 0. The van der Waals surface area contributed by atoms with Crippen LogP contribution in [0.1, 0.15) is 43.0 Å². The van der Waals surface area contributed by atoms with E-state index in [2.05, 4.69) is 12.2 Å². The van der Waals surface area contributed by atoms with Gasteiger partial charge < -0.3 is 5.32 Å². The first-order valence-electron chi connectivity index (χ1n) is 6.32. The fourth-order valence-corrected chi connectivity index (χ4v) is 2.47. The molecule has 2 nitrogen and oxygen atoms in total. The van der Waals surface area contributed by atoms with E-state index in [1.54, 1.807) is 0 Å². The topological polar surface area (TPSA) is 29.1 Å². The van der Waals surface area contributed by atoms with E-state index in [0.29, 0.717) is 5.92 Å². The number of carbonyl (C=O) groups is 1. The molecule has 1 N–H and O–H groups in total. The van der Waals surface area contributed by atoms with E-state index in [4.69, 9.17) is 0 Å². The molecular formula is C14H17F2NO. The van der Waals surface area contributed by atoms with Gasteiger partial charge in [0.25, 0.3) is 5.91 Å². The van der Waals surface area contributed by atoms with Crippen molar-refractivity contribution in [2.75, 3.05) is 0 Å². The van der Waals surface area contributed by atoms with Gasteiger partial charge >= 0.3 is 0 Å². The summed E-state index contributed by atoms with van der Waals surface area (Å²) in [5, 5.41) is 2.88. The van der Waals surface area contributed by atoms with Crippen molar-refractivity contribution in [1.82, 2.24) is 5.32 Å². The molecule has 0 aliphatic heterocycles. The molecule has 2 atom stereocenters. The number of hydrogen-bond donors (Lipinski definition) is 1. The summed E-state index contributed by atoms with van der Waals surface area (Å²) in [7, 11) is 0. The second-order valence-electron chi connectivity index (χ2n) is 5.07. The van der Waals surface area contributed by atoms with Gasteiger partial charge in [-0.25, -0.2) is 8.78 Å². The fraction of sp³-hybridized carbons (Fsp3) is 0.500. The van der Waals surface area contributed by atoms with Crippen LogP contribution in [-0.2, 0) is 0 Å². The molecule has 1 aromatic carbocycles. The highest BCUT2D eigenvalue weighted by atomic mass is 19.2. The second-order valence-corrected chi connectivity index (χ2v) is 5.07. The molecule has 0 heterocycles. The van der Waals surface area contributed by atoms with Gasteiger partial charge in [0.05, 0.1) is 0 Å². The lowest BCUT2D eigenvalue weighted by atomic mass is 9.87. The summed E-state index contributed by atoms with van der Waals surface area (Å²) in [6.45, 7) is 2.16. The summed E-state index contributed by atoms with van der Waals surface area (Å²) in [5.74, 6) is -1.64. The minimum atomic E-state index is -0.986. The molecular weight excluding hydrogens is 236 g/mol. The largest absolute Gasteiger partial charge is 0.349 e. The first kappa shape index (κ1) is 13.0. The molecule has 0 aromatic heterocycles. The average Bonchev–Trinajstić information content (AvgIpc) is 2.32. The van der Waals surface area contributed by atoms with Gasteiger partial charge in [-0.2, -0.15) is 0 Å². The molecule has 2 rings (SSSR count). The Balaban J connectivity index is 2.00. The van der Waals surface area contributed by atoms with Crippen LogP contribution in [0.3, 0.4) is 0 Å². The molecule has 1 aliphatic carbocycles. The van der Waals surface area contributed by atoms with Crippen molar-refractivity contribution < 1.29 is 13.6 Å². The number of hydrogen-bond acceptors (Lipinski definition) is 1. The Hall–Kier alpha value is -1.45. The van der Waals surface area contributed by atoms with Gasteiger partial charge in [-0.1, -0.05) is 19.8 Å². The van der Waals surface area contributed by atoms with Crippen molar-refractivity contribution in [1.29, 1.82) is 0 Å². The molecule has 1 saturated carbocycles. The third kappa shape index (κ3) is 3.06. The van der Waals surface area contributed by atoms with Crippen molar-refractivity contribution in [2.45, 2.75) is 38.6 Å². The maximum Gasteiger partial charge on any atom is 0.251 e. The molecule has 1 fully saturated rings. The van der Waals surface area contributed by atoms with Gasteiger partial charge in [-0.05, 0) is 37.0 Å². The fourth-order valence-electron chi connectivity index (χ4n) is 2.47. The number of halogens is 2. The van der Waals surface area contributed by atoms with Crippen molar-refractivity contribution in [3.8, 4) is 0 Å². The Kier molecular flexibility index (Phi) is 3.94. The summed E-state index contributed by atoms with van der Waals surface area (Å²) < 4.78 is 25.8. The van der Waals surface area contributed by atoms with Crippen molar-refractivity contribution in [3.05, 3.63) is 35.4 Å². The molecule has 4 heteroatoms. The van der Waals surface area contributed by atoms with E-state index in [1.807, 2.05) is 0 Å². The van der Waals surface area contributed by atoms with E-state index in [9.17, 15) is 13.6 Å². The summed E-state index contributed by atoms with van der Waals surface area (Å²) in [6.07, 6.45) is 4.20. The zero-order valence-corrected chi connectivity index (χ0v) is 10.4. The molecule has 18 heavy (non-hydrogen) atoms. The van der Waals surface area contributed by atoms with E-state index < -0.39 is 11.6 Å². The van der Waals surface area contributed by atoms with Crippen LogP contribution in [0.2, 0.25) is 0 Å². The van der Waals surface area contributed by atoms with Crippen LogP contribution in [0.25, 0.3) is 0 Å². The first-order chi connectivity index (χ1) is 8.56. The Bertz CT molecular complexity index is 447. The third-order valence-corrected chi connectivity index (χ3v) is 3.45. The minimum Gasteiger partial charge on any atom is -0.349 e. The monoisotopic (exact) mass is 253 g/mol. The van der Waals surface area contributed by atoms with Crippen LogP contribution in [0.5, 0.6) is 0 Å². The Morgan fingerprint density at radius 3 is 2.72 bits per heavy atom. The number of carbonyl (C=O) groups excluding carboxylic acids is 1. The van der Waals surface area contributed by atoms with Crippen LogP contribution >= 0.6 is 0 Å². The standard InChI is InChI=1S/C14H17F2NO/c1-9-3-2-4-11(7-9)17-14(18)10-5-6-12(15)13(16)8-10/h5-6,8-9,11H,2-4,7H2,1H3,(H,17,18). The molecule has 1 aromatic rings. The number of nitrogens with one attached hydrogen (secondary N) is 1. The van der Waals surface area contributed by atoms with Gasteiger partial charge in [0.2, 0.25) is 0 Å². The van der Waals surface area contributed by atoms with E-state index in [0.717, 1.165) is 31.4 Å². The quantitative estimate of drug-likeness (QED) is 0.861. The van der Waals surface area contributed by atoms with Gasteiger partial charge in [0.1, 0.15) is 0 Å². The van der Waals surface area contributed by atoms with Crippen LogP contribution in [-0.4, -0.2) is 11.9 Å². The molecule has 0 bridgehead atoms. The van der Waals surface area contributed by atoms with Crippen molar-refractivity contribution >= 4 is 5.91 Å². The van der Waals surface area contributed by atoms with Gasteiger partial charge in [0, 0.05) is 11.6 Å². The van der Waals surface area contributed by atoms with Crippen LogP contribution in [0.15, 0.2) is 18.2 Å². The SMILES string of the molecule is CC1CCCC(NC(=O)c2ccc(F)c(F)c2)C1. The summed E-state index contributed by atoms with van der Waals surface area (Å²) in [4.78, 5) is 11.9. The first-order valence-corrected chi connectivity index (χ1v) is 6.32. The van der Waals surface area contributed by atoms with E-state index in [-0.39, 0.29) is 17.5 Å². The van der Waals surface area contributed by atoms with E-state index in [1.165, 1.54) is 12.5 Å². The lowest BCUT2D eigenvalue weighted by Crippen LogP contribution is -2.38. The van der Waals surface area contributed by atoms with Crippen LogP contribution < -0.4 is 5.32 Å². The Labute approximate surface area is 105 Å². The lowest BCUT2D eigenvalue weighted by Gasteiger charge is -2.27. The molecule has 2 unspecified atom stereocenters. The molecule has 98 valence electrons. The number of amides is 1. The molecule has 1 aliphatic rings. The Morgan fingerprint density at radius 2 is 2.06 bits per heavy atom. The van der Waals surface area contributed by atoms with E-state index >= 15 is 0 Å². The highest BCUT2D eigenvalue weighted by Crippen LogP contribution is 2.23. The van der Waals surface area contributed by atoms with Crippen molar-refractivity contribution in [3.63, 3.8) is 0 Å². The molecule has 0 spiro atoms. The maximum atomic E-state index is 13.0. The summed E-state index contributed by atoms with van der Waals surface area (Å²) in [6, 6.07) is 3.37. The zero-order valence-electron chi connectivity index (χ0n) is 10.4. The Morgan fingerprint density at radius 1 is 1.28 bits per heavy atom. The van der Waals surface area contributed by atoms with Crippen molar-refractivity contribution in [2.24, 2.45) is 5.92 Å². The van der Waals surface area contributed by atoms with Crippen LogP contribution in [0.4, 0.5) is 8.78 Å². The van der Waals surface area contributed by atoms with Crippen LogP contribution in [0, 0.1) is 17.6 Å². The van der Waals surface area contributed by atoms with Gasteiger partial charge in [-0.15, -0.1) is 0 Å². The second kappa shape index (κ2) is 5.46. The van der Waals surface area contributed by atoms with Gasteiger partial charge in [0.15, 0.2) is 11.6 Å². The predicted octanol–water partition coefficient (Wildman–Crippen LogP) is 3.27. The highest BCUT2D eigenvalue weighted by Gasteiger charge is 2.21. The highest BCUT2D eigenvalue weighted by molar-refractivity contribution is 5.94. The normalized spacial score (nSPS) is 23.7. The molecule has 0 saturated heterocycles. The lowest BCUT2D eigenvalue weighted by molar-refractivity contribution is 0.0921. The molecule has 0 radical (unpaired) electrons. The average molecular weight is 253 g/mol. The number of benzene rings is 1. The number of rotatable bonds is 2. The summed E-state index contributed by atoms with van der Waals surface area (Å²) in [5.41, 5.74) is 0.173. The zero-order chi connectivity index (χ0) is 13.1. The predicted molar refractivity (Wildman–Crippen MR) is 65.2 cm³/mol. The van der Waals surface area contributed by atoms with Gasteiger partial charge in [-0.3, -0.25) is 4.79 Å². The molecule has 1 amide bonds. The third-order valence-electron chi connectivity index (χ3n) is 3.45.